The van der Waals surface area contributed by atoms with Crippen LogP contribution in [0.1, 0.15) is 97.3 Å². The second-order valence-electron chi connectivity index (χ2n) is 10.0. The molecule has 0 bridgehead atoms. The van der Waals surface area contributed by atoms with Crippen molar-refractivity contribution in [1.82, 2.24) is 0 Å². The molecule has 0 heterocycles. The first-order chi connectivity index (χ1) is 16.5. The fourth-order valence-electron chi connectivity index (χ4n) is 3.22. The molecule has 0 aliphatic carbocycles. The van der Waals surface area contributed by atoms with Crippen LogP contribution < -0.4 is 0 Å². The first-order valence-corrected chi connectivity index (χ1v) is 14.8. The van der Waals surface area contributed by atoms with Crippen molar-refractivity contribution in [3.63, 3.8) is 0 Å². The molecule has 2 atom stereocenters. The van der Waals surface area contributed by atoms with E-state index in [0.29, 0.717) is 17.4 Å². The zero-order valence-corrected chi connectivity index (χ0v) is 23.7. The molecule has 10 heteroatoms. The maximum absolute atomic E-state index is 12.1. The normalized spacial score (nSPS) is 14.3. The molecule has 0 saturated carbocycles. The maximum Gasteiger partial charge on any atom is 0.472 e. The Morgan fingerprint density at radius 2 is 1.34 bits per heavy atom. The summed E-state index contributed by atoms with van der Waals surface area (Å²) < 4.78 is 33.0. The predicted octanol–water partition coefficient (Wildman–Crippen LogP) is 5.39. The lowest BCUT2D eigenvalue weighted by Gasteiger charge is -2.24. The lowest BCUT2D eigenvalue weighted by atomic mass is 10.1. The Labute approximate surface area is 213 Å². The van der Waals surface area contributed by atoms with Gasteiger partial charge in [0.15, 0.2) is 6.10 Å². The van der Waals surface area contributed by atoms with Crippen LogP contribution in [0.15, 0.2) is 0 Å². The molecular formula is C25H51NO8P+. The van der Waals surface area contributed by atoms with Crippen LogP contribution in [0.2, 0.25) is 0 Å². The van der Waals surface area contributed by atoms with Gasteiger partial charge >= 0.3 is 19.8 Å². The van der Waals surface area contributed by atoms with E-state index in [2.05, 4.69) is 6.92 Å². The molecule has 0 spiro atoms. The highest BCUT2D eigenvalue weighted by atomic mass is 31.2. The van der Waals surface area contributed by atoms with Gasteiger partial charge in [0.25, 0.3) is 0 Å². The summed E-state index contributed by atoms with van der Waals surface area (Å²) in [6.45, 7) is 3.76. The van der Waals surface area contributed by atoms with Gasteiger partial charge in [-0.3, -0.25) is 18.6 Å². The van der Waals surface area contributed by atoms with Gasteiger partial charge < -0.3 is 18.9 Å². The Bertz CT molecular complexity index is 609. The molecule has 9 nitrogen and oxygen atoms in total. The Balaban J connectivity index is 4.14. The van der Waals surface area contributed by atoms with E-state index in [4.69, 9.17) is 18.5 Å². The quantitative estimate of drug-likeness (QED) is 0.0820. The monoisotopic (exact) mass is 524 g/mol. The maximum atomic E-state index is 12.1. The van der Waals surface area contributed by atoms with E-state index in [1.54, 1.807) is 6.92 Å². The molecule has 0 aliphatic heterocycles. The van der Waals surface area contributed by atoms with Gasteiger partial charge in [0.1, 0.15) is 19.8 Å². The summed E-state index contributed by atoms with van der Waals surface area (Å²) in [7, 11) is 1.47. The van der Waals surface area contributed by atoms with E-state index in [1.165, 1.54) is 51.4 Å². The van der Waals surface area contributed by atoms with Gasteiger partial charge in [-0.2, -0.15) is 0 Å². The molecule has 0 radical (unpaired) electrons. The Morgan fingerprint density at radius 1 is 0.800 bits per heavy atom. The van der Waals surface area contributed by atoms with Crippen LogP contribution in [0, 0.1) is 0 Å². The summed E-state index contributed by atoms with van der Waals surface area (Å²) in [6.07, 6.45) is 12.6. The number of nitrogens with zero attached hydrogens (tertiary/aromatic N) is 1. The van der Waals surface area contributed by atoms with Gasteiger partial charge in [0.05, 0.1) is 27.7 Å². The molecule has 1 N–H and O–H groups in total. The summed E-state index contributed by atoms with van der Waals surface area (Å²) >= 11 is 0. The summed E-state index contributed by atoms with van der Waals surface area (Å²) in [5.74, 6) is -0.899. The first-order valence-electron chi connectivity index (χ1n) is 13.3. The topological polar surface area (TPSA) is 108 Å². The fourth-order valence-corrected chi connectivity index (χ4v) is 3.96. The van der Waals surface area contributed by atoms with Crippen LogP contribution in [0.5, 0.6) is 0 Å². The van der Waals surface area contributed by atoms with Gasteiger partial charge in [-0.05, 0) is 6.42 Å². The minimum Gasteiger partial charge on any atom is -0.462 e. The van der Waals surface area contributed by atoms with Crippen LogP contribution in [0.25, 0.3) is 0 Å². The molecule has 0 saturated heterocycles. The molecule has 0 aromatic carbocycles. The lowest BCUT2D eigenvalue weighted by Crippen LogP contribution is -2.37. The molecule has 0 amide bonds. The van der Waals surface area contributed by atoms with E-state index in [0.717, 1.165) is 19.3 Å². The highest BCUT2D eigenvalue weighted by Crippen LogP contribution is 2.43. The highest BCUT2D eigenvalue weighted by Gasteiger charge is 2.26. The molecule has 0 aromatic rings. The van der Waals surface area contributed by atoms with Gasteiger partial charge in [0.2, 0.25) is 0 Å². The number of phosphoric ester groups is 1. The summed E-state index contributed by atoms with van der Waals surface area (Å²) in [6, 6.07) is 0. The number of likely N-dealkylation sites (N-methyl/N-ethyl adjacent to an activating group) is 1. The van der Waals surface area contributed by atoms with Crippen molar-refractivity contribution in [2.45, 2.75) is 103 Å². The molecule has 35 heavy (non-hydrogen) atoms. The summed E-state index contributed by atoms with van der Waals surface area (Å²) in [5.41, 5.74) is 0. The lowest BCUT2D eigenvalue weighted by molar-refractivity contribution is -0.870. The second-order valence-corrected chi connectivity index (χ2v) is 11.5. The third kappa shape index (κ3) is 23.2. The van der Waals surface area contributed by atoms with Crippen LogP contribution in [0.4, 0.5) is 0 Å². The van der Waals surface area contributed by atoms with Crippen molar-refractivity contribution in [2.75, 3.05) is 47.5 Å². The summed E-state index contributed by atoms with van der Waals surface area (Å²) in [5, 5.41) is 0. The number of hydrogen-bond acceptors (Lipinski definition) is 7. The van der Waals surface area contributed by atoms with Crippen LogP contribution in [0.3, 0.4) is 0 Å². The minimum atomic E-state index is -4.31. The zero-order valence-electron chi connectivity index (χ0n) is 22.8. The third-order valence-corrected chi connectivity index (χ3v) is 6.43. The van der Waals surface area contributed by atoms with Gasteiger partial charge in [0, 0.05) is 12.8 Å². The number of quaternary nitrogens is 1. The molecule has 208 valence electrons. The molecule has 0 rings (SSSR count). The number of hydrogen-bond donors (Lipinski definition) is 1. The van der Waals surface area contributed by atoms with Crippen molar-refractivity contribution in [3.05, 3.63) is 0 Å². The average molecular weight is 525 g/mol. The fraction of sp³-hybridized carbons (Fsp3) is 0.920. The van der Waals surface area contributed by atoms with E-state index in [-0.39, 0.29) is 25.6 Å². The molecule has 0 aromatic heterocycles. The van der Waals surface area contributed by atoms with Crippen molar-refractivity contribution in [2.24, 2.45) is 0 Å². The first kappa shape index (κ1) is 34.0. The molecule has 0 aliphatic rings. The van der Waals surface area contributed by atoms with E-state index < -0.39 is 26.5 Å². The SMILES string of the molecule is CCCCCCCCCCCCCC(=O)OC[C@H](COP(=O)(O)OCC[N+](C)(C)C)OC(=O)CC. The molecular weight excluding hydrogens is 473 g/mol. The van der Waals surface area contributed by atoms with Crippen molar-refractivity contribution >= 4 is 19.8 Å². The third-order valence-electron chi connectivity index (χ3n) is 5.44. The number of phosphoric acid groups is 1. The van der Waals surface area contributed by atoms with Crippen molar-refractivity contribution in [1.29, 1.82) is 0 Å². The second kappa shape index (κ2) is 20.1. The minimum absolute atomic E-state index is 0.0324. The number of rotatable bonds is 23. The predicted molar refractivity (Wildman–Crippen MR) is 137 cm³/mol. The largest absolute Gasteiger partial charge is 0.472 e. The standard InChI is InChI=1S/C25H50NO8P/c1-6-8-9-10-11-12-13-14-15-16-17-18-25(28)31-21-23(34-24(27)7-2)22-33-35(29,30)32-20-19-26(3,4)5/h23H,6-22H2,1-5H3/p+1/t23-/m1/s1. The van der Waals surface area contributed by atoms with Crippen LogP contribution in [-0.4, -0.2) is 74.9 Å². The number of esters is 2. The Kier molecular flexibility index (Phi) is 19.5. The molecule has 1 unspecified atom stereocenters. The van der Waals surface area contributed by atoms with Gasteiger partial charge in [-0.1, -0.05) is 78.1 Å². The summed E-state index contributed by atoms with van der Waals surface area (Å²) in [4.78, 5) is 33.6. The van der Waals surface area contributed by atoms with Crippen LogP contribution in [-0.2, 0) is 32.7 Å². The Hall–Kier alpha value is -0.990. The average Bonchev–Trinajstić information content (AvgIpc) is 2.78. The van der Waals surface area contributed by atoms with E-state index in [1.807, 2.05) is 21.1 Å². The van der Waals surface area contributed by atoms with Gasteiger partial charge in [-0.15, -0.1) is 0 Å². The number of unbranched alkanes of at least 4 members (excludes halogenated alkanes) is 10. The smallest absolute Gasteiger partial charge is 0.462 e. The number of carbonyl (C=O) groups excluding carboxylic acids is 2. The van der Waals surface area contributed by atoms with E-state index >= 15 is 0 Å². The number of carbonyl (C=O) groups is 2. The van der Waals surface area contributed by atoms with Crippen molar-refractivity contribution in [3.8, 4) is 0 Å². The van der Waals surface area contributed by atoms with Crippen LogP contribution >= 0.6 is 7.82 Å². The number of ether oxygens (including phenoxy) is 2. The van der Waals surface area contributed by atoms with Crippen molar-refractivity contribution < 1.29 is 42.1 Å². The highest BCUT2D eigenvalue weighted by molar-refractivity contribution is 7.47. The zero-order chi connectivity index (χ0) is 26.6. The van der Waals surface area contributed by atoms with Gasteiger partial charge in [-0.25, -0.2) is 4.57 Å². The Morgan fingerprint density at radius 3 is 1.86 bits per heavy atom. The van der Waals surface area contributed by atoms with E-state index in [9.17, 15) is 19.0 Å². The molecule has 0 fully saturated rings.